The first-order valence-electron chi connectivity index (χ1n) is 6.49. The number of hydrogen-bond donors (Lipinski definition) is 1. The van der Waals surface area contributed by atoms with Crippen molar-refractivity contribution in [3.8, 4) is 5.75 Å². The van der Waals surface area contributed by atoms with Crippen molar-refractivity contribution in [2.24, 2.45) is 5.92 Å². The van der Waals surface area contributed by atoms with Gasteiger partial charge in [-0.05, 0) is 53.8 Å². The molecule has 0 atom stereocenters. The second-order valence-corrected chi connectivity index (χ2v) is 6.24. The fourth-order valence-corrected chi connectivity index (χ4v) is 3.00. The number of rotatable bonds is 4. The van der Waals surface area contributed by atoms with E-state index in [1.54, 1.807) is 7.11 Å². The van der Waals surface area contributed by atoms with Crippen LogP contribution >= 0.6 is 27.5 Å². The summed E-state index contributed by atoms with van der Waals surface area (Å²) in [6.45, 7) is 3.21. The van der Waals surface area contributed by atoms with Gasteiger partial charge in [-0.15, -0.1) is 0 Å². The van der Waals surface area contributed by atoms with Crippen molar-refractivity contribution in [3.05, 3.63) is 27.2 Å². The summed E-state index contributed by atoms with van der Waals surface area (Å²) in [6, 6.07) is 3.88. The fraction of sp³-hybridized carbons (Fsp3) is 0.571. The zero-order valence-corrected chi connectivity index (χ0v) is 13.4. The number of methoxy groups -OCH3 is 1. The molecule has 1 heterocycles. The highest BCUT2D eigenvalue weighted by Crippen LogP contribution is 2.32. The quantitative estimate of drug-likeness (QED) is 0.906. The molecule has 0 aromatic heterocycles. The molecule has 19 heavy (non-hydrogen) atoms. The van der Waals surface area contributed by atoms with Gasteiger partial charge < -0.3 is 9.84 Å². The predicted octanol–water partition coefficient (Wildman–Crippen LogP) is 3.32. The third kappa shape index (κ3) is 3.85. The highest BCUT2D eigenvalue weighted by molar-refractivity contribution is 9.10. The zero-order valence-electron chi connectivity index (χ0n) is 11.0. The zero-order chi connectivity index (χ0) is 13.8. The third-order valence-electron chi connectivity index (χ3n) is 3.68. The number of benzene rings is 1. The van der Waals surface area contributed by atoms with Crippen molar-refractivity contribution in [2.75, 3.05) is 26.8 Å². The molecule has 1 aromatic carbocycles. The summed E-state index contributed by atoms with van der Waals surface area (Å²) in [5.74, 6) is 1.30. The molecule has 1 aliphatic rings. The van der Waals surface area contributed by atoms with Gasteiger partial charge in [0.2, 0.25) is 0 Å². The Hall–Kier alpha value is -0.290. The predicted molar refractivity (Wildman–Crippen MR) is 80.8 cm³/mol. The lowest BCUT2D eigenvalue weighted by Gasteiger charge is -2.31. The lowest BCUT2D eigenvalue weighted by Crippen LogP contribution is -2.34. The van der Waals surface area contributed by atoms with Crippen molar-refractivity contribution in [2.45, 2.75) is 19.4 Å². The number of likely N-dealkylation sites (tertiary alicyclic amines) is 1. The molecule has 1 N–H and O–H groups in total. The standard InChI is InChI=1S/C14H19BrClNO2/c1-19-14-7-13(16)12(15)6-11(14)8-17-4-2-10(9-18)3-5-17/h6-7,10,18H,2-5,8-9H2,1H3. The van der Waals surface area contributed by atoms with Crippen molar-refractivity contribution in [1.82, 2.24) is 4.90 Å². The van der Waals surface area contributed by atoms with Gasteiger partial charge in [0, 0.05) is 29.3 Å². The summed E-state index contributed by atoms with van der Waals surface area (Å²) in [4.78, 5) is 2.39. The summed E-state index contributed by atoms with van der Waals surface area (Å²) in [6.07, 6.45) is 2.13. The van der Waals surface area contributed by atoms with E-state index in [1.807, 2.05) is 12.1 Å². The van der Waals surface area contributed by atoms with Crippen LogP contribution in [-0.4, -0.2) is 36.8 Å². The molecule has 0 aliphatic carbocycles. The Kier molecular flexibility index (Phi) is 5.51. The van der Waals surface area contributed by atoms with Crippen LogP contribution < -0.4 is 4.74 Å². The largest absolute Gasteiger partial charge is 0.496 e. The van der Waals surface area contributed by atoms with E-state index in [-0.39, 0.29) is 0 Å². The Morgan fingerprint density at radius 1 is 1.42 bits per heavy atom. The van der Waals surface area contributed by atoms with Crippen molar-refractivity contribution >= 4 is 27.5 Å². The molecule has 1 saturated heterocycles. The molecule has 0 unspecified atom stereocenters. The van der Waals surface area contributed by atoms with Crippen molar-refractivity contribution in [3.63, 3.8) is 0 Å². The average molecular weight is 349 g/mol. The Morgan fingerprint density at radius 2 is 2.11 bits per heavy atom. The van der Waals surface area contributed by atoms with E-state index >= 15 is 0 Å². The molecule has 0 spiro atoms. The van der Waals surface area contributed by atoms with Crippen molar-refractivity contribution < 1.29 is 9.84 Å². The van der Waals surface area contributed by atoms with Crippen LogP contribution in [0, 0.1) is 5.92 Å². The number of piperidine rings is 1. The number of nitrogens with zero attached hydrogens (tertiary/aromatic N) is 1. The van der Waals surface area contributed by atoms with E-state index in [1.165, 1.54) is 0 Å². The molecule has 0 bridgehead atoms. The molecule has 0 radical (unpaired) electrons. The number of aliphatic hydroxyl groups excluding tert-OH is 1. The Morgan fingerprint density at radius 3 is 2.68 bits per heavy atom. The molecule has 0 amide bonds. The number of hydrogen-bond acceptors (Lipinski definition) is 3. The van der Waals surface area contributed by atoms with Gasteiger partial charge in [0.25, 0.3) is 0 Å². The summed E-state index contributed by atoms with van der Waals surface area (Å²) in [7, 11) is 1.67. The molecule has 0 saturated carbocycles. The normalized spacial score (nSPS) is 17.7. The molecular weight excluding hydrogens is 330 g/mol. The van der Waals surface area contributed by atoms with Crippen LogP contribution in [0.1, 0.15) is 18.4 Å². The van der Waals surface area contributed by atoms with Crippen LogP contribution in [0.4, 0.5) is 0 Å². The number of aliphatic hydroxyl groups is 1. The van der Waals surface area contributed by atoms with Gasteiger partial charge in [-0.25, -0.2) is 0 Å². The molecular formula is C14H19BrClNO2. The first-order valence-corrected chi connectivity index (χ1v) is 7.66. The van der Waals surface area contributed by atoms with Gasteiger partial charge in [-0.2, -0.15) is 0 Å². The maximum absolute atomic E-state index is 9.16. The van der Waals surface area contributed by atoms with Crippen LogP contribution in [0.3, 0.4) is 0 Å². The second-order valence-electron chi connectivity index (χ2n) is 4.98. The summed E-state index contributed by atoms with van der Waals surface area (Å²) >= 11 is 9.53. The Labute approximate surface area is 127 Å². The monoisotopic (exact) mass is 347 g/mol. The molecule has 5 heteroatoms. The van der Waals surface area contributed by atoms with E-state index in [4.69, 9.17) is 21.4 Å². The van der Waals surface area contributed by atoms with E-state index in [2.05, 4.69) is 20.8 Å². The molecule has 106 valence electrons. The summed E-state index contributed by atoms with van der Waals surface area (Å²) in [5.41, 5.74) is 1.14. The van der Waals surface area contributed by atoms with E-state index in [0.29, 0.717) is 17.5 Å². The van der Waals surface area contributed by atoms with E-state index < -0.39 is 0 Å². The Bertz CT molecular complexity index is 434. The minimum Gasteiger partial charge on any atom is -0.496 e. The van der Waals surface area contributed by atoms with Gasteiger partial charge in [0.15, 0.2) is 0 Å². The first kappa shape index (κ1) is 15.1. The third-order valence-corrected chi connectivity index (χ3v) is 4.88. The highest BCUT2D eigenvalue weighted by Gasteiger charge is 2.20. The van der Waals surface area contributed by atoms with Gasteiger partial charge in [-0.3, -0.25) is 4.90 Å². The maximum atomic E-state index is 9.16. The van der Waals surface area contributed by atoms with Crippen LogP contribution in [0.25, 0.3) is 0 Å². The lowest BCUT2D eigenvalue weighted by atomic mass is 9.97. The smallest absolute Gasteiger partial charge is 0.124 e. The minimum atomic E-state index is 0.309. The van der Waals surface area contributed by atoms with Crippen LogP contribution in [-0.2, 0) is 6.54 Å². The van der Waals surface area contributed by atoms with Crippen LogP contribution in [0.15, 0.2) is 16.6 Å². The average Bonchev–Trinajstić information content (AvgIpc) is 2.43. The molecule has 1 fully saturated rings. The molecule has 1 aromatic rings. The number of halogens is 2. The Balaban J connectivity index is 2.05. The first-order chi connectivity index (χ1) is 9.13. The fourth-order valence-electron chi connectivity index (χ4n) is 2.45. The summed E-state index contributed by atoms with van der Waals surface area (Å²) in [5, 5.41) is 9.82. The van der Waals surface area contributed by atoms with Gasteiger partial charge in [-0.1, -0.05) is 11.6 Å². The number of ether oxygens (including phenoxy) is 1. The minimum absolute atomic E-state index is 0.309. The highest BCUT2D eigenvalue weighted by atomic mass is 79.9. The van der Waals surface area contributed by atoms with Crippen molar-refractivity contribution in [1.29, 1.82) is 0 Å². The molecule has 1 aliphatic heterocycles. The summed E-state index contributed by atoms with van der Waals surface area (Å²) < 4.78 is 6.29. The van der Waals surface area contributed by atoms with Crippen LogP contribution in [0.5, 0.6) is 5.75 Å². The topological polar surface area (TPSA) is 32.7 Å². The molecule has 2 rings (SSSR count). The maximum Gasteiger partial charge on any atom is 0.124 e. The van der Waals surface area contributed by atoms with Gasteiger partial charge in [0.1, 0.15) is 5.75 Å². The van der Waals surface area contributed by atoms with Gasteiger partial charge >= 0.3 is 0 Å². The van der Waals surface area contributed by atoms with Gasteiger partial charge in [0.05, 0.1) is 12.1 Å². The second kappa shape index (κ2) is 6.93. The lowest BCUT2D eigenvalue weighted by molar-refractivity contribution is 0.126. The SMILES string of the molecule is COc1cc(Cl)c(Br)cc1CN1CCC(CO)CC1. The van der Waals surface area contributed by atoms with E-state index in [0.717, 1.165) is 48.3 Å². The molecule has 3 nitrogen and oxygen atoms in total. The van der Waals surface area contributed by atoms with Crippen LogP contribution in [0.2, 0.25) is 5.02 Å². The van der Waals surface area contributed by atoms with E-state index in [9.17, 15) is 0 Å².